The average Bonchev–Trinajstić information content (AvgIpc) is 3.10. The number of carbonyl (C=O) groups is 1. The number of nitrogens with one attached hydrogen (secondary N) is 2. The minimum atomic E-state index is -0.845. The lowest BCUT2D eigenvalue weighted by Crippen LogP contribution is -2.24. The molecule has 0 aliphatic rings. The van der Waals surface area contributed by atoms with Crippen molar-refractivity contribution in [3.8, 4) is 17.6 Å². The second kappa shape index (κ2) is 9.51. The first-order valence-electron chi connectivity index (χ1n) is 8.13. The summed E-state index contributed by atoms with van der Waals surface area (Å²) in [5.74, 6) is -2.06. The number of benzene rings is 1. The Morgan fingerprint density at radius 1 is 1.35 bits per heavy atom. The van der Waals surface area contributed by atoms with Gasteiger partial charge in [0.1, 0.15) is 27.8 Å². The Kier molecular flexibility index (Phi) is 6.79. The highest BCUT2D eigenvalue weighted by Gasteiger charge is 2.19. The van der Waals surface area contributed by atoms with Crippen LogP contribution in [0.15, 0.2) is 29.4 Å². The van der Waals surface area contributed by atoms with Crippen LogP contribution >= 0.6 is 34.8 Å². The smallest absolute Gasteiger partial charge is 0.273 e. The Hall–Kier alpha value is -3.55. The molecule has 156 valence electrons. The average molecular weight is 482 g/mol. The number of azide groups is 1. The lowest BCUT2D eigenvalue weighted by atomic mass is 10.2. The van der Waals surface area contributed by atoms with Crippen LogP contribution in [0, 0.1) is 17.1 Å². The van der Waals surface area contributed by atoms with E-state index >= 15 is 0 Å². The summed E-state index contributed by atoms with van der Waals surface area (Å²) in [7, 11) is 0. The lowest BCUT2D eigenvalue weighted by molar-refractivity contribution is 0.0946. The number of H-pyrrole nitrogens is 1. The van der Waals surface area contributed by atoms with Crippen molar-refractivity contribution in [3.05, 3.63) is 72.8 Å². The largest absolute Gasteiger partial charge is 0.452 e. The fourth-order valence-corrected chi connectivity index (χ4v) is 2.95. The Bertz CT molecular complexity index is 1270. The molecule has 3 aromatic rings. The van der Waals surface area contributed by atoms with E-state index in [0.717, 1.165) is 0 Å². The second-order valence-electron chi connectivity index (χ2n) is 5.67. The first-order chi connectivity index (χ1) is 14.8. The van der Waals surface area contributed by atoms with Gasteiger partial charge < -0.3 is 15.0 Å². The van der Waals surface area contributed by atoms with Gasteiger partial charge in [-0.3, -0.25) is 4.79 Å². The van der Waals surface area contributed by atoms with Crippen LogP contribution in [0.1, 0.15) is 21.7 Å². The standard InChI is InChI=1S/C17H8Cl3FN8O2/c18-10-2-1-7(6-24-16(30)13-15(20)27-17(26-13)28-29-23)12(21)14(10)31-9-3-8(5-22)25-11(19)4-9/h1-4H,6H2,(H,24,30)(H,26,27). The number of ether oxygens (including phenoxy) is 1. The fourth-order valence-electron chi connectivity index (χ4n) is 2.35. The molecule has 0 spiro atoms. The van der Waals surface area contributed by atoms with Crippen LogP contribution in [0.25, 0.3) is 10.4 Å². The van der Waals surface area contributed by atoms with E-state index in [4.69, 9.17) is 50.3 Å². The predicted octanol–water partition coefficient (Wildman–Crippen LogP) is 5.44. The van der Waals surface area contributed by atoms with Gasteiger partial charge in [-0.25, -0.2) is 14.4 Å². The Morgan fingerprint density at radius 3 is 2.84 bits per heavy atom. The van der Waals surface area contributed by atoms with Crippen LogP contribution in [0.3, 0.4) is 0 Å². The Morgan fingerprint density at radius 2 is 2.13 bits per heavy atom. The zero-order valence-electron chi connectivity index (χ0n) is 15.0. The Balaban J connectivity index is 1.81. The van der Waals surface area contributed by atoms with Crippen molar-refractivity contribution in [1.82, 2.24) is 20.3 Å². The van der Waals surface area contributed by atoms with E-state index in [0.29, 0.717) is 0 Å². The first kappa shape index (κ1) is 22.1. The maximum atomic E-state index is 15.0. The third-order valence-corrected chi connectivity index (χ3v) is 4.44. The third kappa shape index (κ3) is 5.14. The highest BCUT2D eigenvalue weighted by molar-refractivity contribution is 6.32. The fraction of sp³-hybridized carbons (Fsp3) is 0.0588. The van der Waals surface area contributed by atoms with Gasteiger partial charge in [-0.1, -0.05) is 40.9 Å². The number of hydrogen-bond acceptors (Lipinski definition) is 6. The van der Waals surface area contributed by atoms with Crippen molar-refractivity contribution >= 4 is 46.7 Å². The van der Waals surface area contributed by atoms with Crippen LogP contribution in [0.5, 0.6) is 11.5 Å². The highest BCUT2D eigenvalue weighted by Crippen LogP contribution is 2.34. The van der Waals surface area contributed by atoms with Crippen molar-refractivity contribution in [1.29, 1.82) is 5.26 Å². The molecule has 0 radical (unpaired) electrons. The summed E-state index contributed by atoms with van der Waals surface area (Å²) in [5, 5.41) is 14.4. The maximum absolute atomic E-state index is 15.0. The second-order valence-corrected chi connectivity index (χ2v) is 6.84. The molecular weight excluding hydrogens is 474 g/mol. The van der Waals surface area contributed by atoms with E-state index in [2.05, 4.69) is 30.3 Å². The van der Waals surface area contributed by atoms with Gasteiger partial charge in [0.05, 0.1) is 5.02 Å². The number of rotatable bonds is 6. The molecule has 14 heteroatoms. The Labute approximate surface area is 188 Å². The number of nitrogens with zero attached hydrogens (tertiary/aromatic N) is 6. The van der Waals surface area contributed by atoms with Crippen LogP contribution < -0.4 is 10.1 Å². The minimum absolute atomic E-state index is 0.0232. The zero-order chi connectivity index (χ0) is 22.5. The van der Waals surface area contributed by atoms with E-state index in [1.165, 1.54) is 24.3 Å². The molecule has 0 unspecified atom stereocenters. The van der Waals surface area contributed by atoms with Crippen LogP contribution in [0.2, 0.25) is 15.3 Å². The predicted molar refractivity (Wildman–Crippen MR) is 109 cm³/mol. The zero-order valence-corrected chi connectivity index (χ0v) is 17.3. The van der Waals surface area contributed by atoms with Gasteiger partial charge in [0, 0.05) is 29.2 Å². The molecule has 2 heterocycles. The molecule has 2 N–H and O–H groups in total. The van der Waals surface area contributed by atoms with Crippen LogP contribution in [-0.4, -0.2) is 20.9 Å². The summed E-state index contributed by atoms with van der Waals surface area (Å²) < 4.78 is 20.4. The number of nitriles is 1. The summed E-state index contributed by atoms with van der Waals surface area (Å²) >= 11 is 17.7. The van der Waals surface area contributed by atoms with Crippen molar-refractivity contribution in [2.75, 3.05) is 0 Å². The summed E-state index contributed by atoms with van der Waals surface area (Å²) in [6.07, 6.45) is 0. The summed E-state index contributed by atoms with van der Waals surface area (Å²) in [5.41, 5.74) is 8.18. The minimum Gasteiger partial charge on any atom is -0.452 e. The molecule has 2 aromatic heterocycles. The quantitative estimate of drug-likeness (QED) is 0.208. The number of carbonyl (C=O) groups excluding carboxylic acids is 1. The molecular formula is C17H8Cl3FN8O2. The van der Waals surface area contributed by atoms with E-state index in [9.17, 15) is 9.18 Å². The number of hydrogen-bond donors (Lipinski definition) is 2. The summed E-state index contributed by atoms with van der Waals surface area (Å²) in [6, 6.07) is 7.07. The van der Waals surface area contributed by atoms with Crippen LogP contribution in [-0.2, 0) is 6.54 Å². The van der Waals surface area contributed by atoms with E-state index in [-0.39, 0.29) is 56.3 Å². The molecule has 0 bridgehead atoms. The SMILES string of the molecule is N#Cc1cc(Oc2c(Cl)ccc(CNC(=O)c3nc(N=[N+]=[N-])[nH]c3Cl)c2F)cc(Cl)n1. The summed E-state index contributed by atoms with van der Waals surface area (Å²) in [4.78, 5) is 24.7. The molecule has 0 saturated carbocycles. The lowest BCUT2D eigenvalue weighted by Gasteiger charge is -2.12. The number of pyridine rings is 1. The molecule has 0 atom stereocenters. The molecule has 31 heavy (non-hydrogen) atoms. The molecule has 10 nitrogen and oxygen atoms in total. The van der Waals surface area contributed by atoms with Gasteiger partial charge in [0.25, 0.3) is 5.91 Å². The van der Waals surface area contributed by atoms with Crippen molar-refractivity contribution < 1.29 is 13.9 Å². The van der Waals surface area contributed by atoms with E-state index in [1.54, 1.807) is 6.07 Å². The number of amides is 1. The van der Waals surface area contributed by atoms with Crippen molar-refractivity contribution in [2.45, 2.75) is 6.54 Å². The number of halogens is 4. The topological polar surface area (TPSA) is 152 Å². The summed E-state index contributed by atoms with van der Waals surface area (Å²) in [6.45, 7) is -0.265. The first-order valence-corrected chi connectivity index (χ1v) is 9.27. The molecule has 1 aromatic carbocycles. The van der Waals surface area contributed by atoms with Crippen molar-refractivity contribution in [2.24, 2.45) is 5.11 Å². The van der Waals surface area contributed by atoms with Gasteiger partial charge in [0.15, 0.2) is 23.2 Å². The normalized spacial score (nSPS) is 10.2. The number of aromatic nitrogens is 3. The monoisotopic (exact) mass is 480 g/mol. The maximum Gasteiger partial charge on any atom is 0.273 e. The van der Waals surface area contributed by atoms with Gasteiger partial charge in [-0.15, -0.1) is 0 Å². The number of aromatic amines is 1. The molecule has 3 rings (SSSR count). The van der Waals surface area contributed by atoms with Crippen molar-refractivity contribution in [3.63, 3.8) is 0 Å². The molecule has 0 aliphatic carbocycles. The van der Waals surface area contributed by atoms with Gasteiger partial charge in [0.2, 0.25) is 0 Å². The highest BCUT2D eigenvalue weighted by atomic mass is 35.5. The van der Waals surface area contributed by atoms with E-state index in [1.807, 2.05) is 0 Å². The van der Waals surface area contributed by atoms with E-state index < -0.39 is 11.7 Å². The van der Waals surface area contributed by atoms with Gasteiger partial charge in [-0.05, 0) is 16.7 Å². The van der Waals surface area contributed by atoms with Crippen LogP contribution in [0.4, 0.5) is 10.3 Å². The number of imidazole rings is 1. The molecule has 0 aliphatic heterocycles. The van der Waals surface area contributed by atoms with Gasteiger partial charge >= 0.3 is 0 Å². The molecule has 1 amide bonds. The van der Waals surface area contributed by atoms with Gasteiger partial charge in [-0.2, -0.15) is 5.26 Å². The molecule has 0 fully saturated rings. The third-order valence-electron chi connectivity index (χ3n) is 3.67. The molecule has 0 saturated heterocycles.